The second kappa shape index (κ2) is 6.60. The third kappa shape index (κ3) is 3.26. The lowest BCUT2D eigenvalue weighted by Crippen LogP contribution is -2.45. The summed E-state index contributed by atoms with van der Waals surface area (Å²) >= 11 is 5.89. The van der Waals surface area contributed by atoms with Gasteiger partial charge < -0.3 is 10.6 Å². The summed E-state index contributed by atoms with van der Waals surface area (Å²) in [7, 11) is 0. The minimum atomic E-state index is -0.395. The van der Waals surface area contributed by atoms with Crippen molar-refractivity contribution in [1.29, 1.82) is 0 Å². The average Bonchev–Trinajstić information content (AvgIpc) is 2.57. The van der Waals surface area contributed by atoms with Gasteiger partial charge in [-0.15, -0.1) is 0 Å². The molecule has 126 valence electrons. The number of aromatic nitrogens is 2. The van der Waals surface area contributed by atoms with Gasteiger partial charge in [-0.2, -0.15) is 0 Å². The molecule has 24 heavy (non-hydrogen) atoms. The summed E-state index contributed by atoms with van der Waals surface area (Å²) in [5.41, 5.74) is 5.52. The number of rotatable bonds is 3. The molecule has 2 N–H and O–H groups in total. The maximum Gasteiger partial charge on any atom is 0.261 e. The first-order chi connectivity index (χ1) is 11.5. The fourth-order valence-corrected chi connectivity index (χ4v) is 3.09. The van der Waals surface area contributed by atoms with Crippen molar-refractivity contribution < 1.29 is 9.59 Å². The van der Waals surface area contributed by atoms with E-state index in [0.717, 1.165) is 6.42 Å². The van der Waals surface area contributed by atoms with Crippen LogP contribution < -0.4 is 11.3 Å². The van der Waals surface area contributed by atoms with Crippen LogP contribution in [0, 0.1) is 5.92 Å². The van der Waals surface area contributed by atoms with E-state index in [4.69, 9.17) is 17.3 Å². The molecule has 0 radical (unpaired) electrons. The molecule has 1 atom stereocenters. The first kappa shape index (κ1) is 16.4. The van der Waals surface area contributed by atoms with E-state index in [2.05, 4.69) is 4.98 Å². The summed E-state index contributed by atoms with van der Waals surface area (Å²) in [6.45, 7) is 0.753. The fraction of sp³-hybridized carbons (Fsp3) is 0.375. The van der Waals surface area contributed by atoms with Gasteiger partial charge in [-0.1, -0.05) is 11.6 Å². The van der Waals surface area contributed by atoms with Crippen LogP contribution in [-0.4, -0.2) is 39.4 Å². The van der Waals surface area contributed by atoms with Crippen LogP contribution in [0.1, 0.15) is 12.8 Å². The van der Waals surface area contributed by atoms with Gasteiger partial charge in [0.25, 0.3) is 5.56 Å². The maximum atomic E-state index is 12.5. The van der Waals surface area contributed by atoms with Gasteiger partial charge in [0.05, 0.1) is 23.1 Å². The number of likely N-dealkylation sites (tertiary alicyclic amines) is 1. The number of carbonyl (C=O) groups excluding carboxylic acids is 2. The normalized spacial score (nSPS) is 17.9. The SMILES string of the molecule is NC(=O)[C@@H]1CCCN(C(=O)Cn2cnc3cc(Cl)ccc3c2=O)C1. The van der Waals surface area contributed by atoms with E-state index < -0.39 is 5.91 Å². The molecule has 1 aliphatic rings. The molecule has 7 nitrogen and oxygen atoms in total. The van der Waals surface area contributed by atoms with E-state index in [0.29, 0.717) is 35.4 Å². The topological polar surface area (TPSA) is 98.3 Å². The quantitative estimate of drug-likeness (QED) is 0.885. The van der Waals surface area contributed by atoms with Gasteiger partial charge in [0.15, 0.2) is 0 Å². The minimum absolute atomic E-state index is 0.115. The molecule has 0 bridgehead atoms. The van der Waals surface area contributed by atoms with Crippen molar-refractivity contribution in [3.8, 4) is 0 Å². The molecule has 1 aliphatic heterocycles. The van der Waals surface area contributed by atoms with Crippen LogP contribution in [-0.2, 0) is 16.1 Å². The Morgan fingerprint density at radius 3 is 2.92 bits per heavy atom. The molecule has 0 unspecified atom stereocenters. The van der Waals surface area contributed by atoms with E-state index in [1.807, 2.05) is 0 Å². The van der Waals surface area contributed by atoms with Gasteiger partial charge in [-0.3, -0.25) is 19.0 Å². The Morgan fingerprint density at radius 1 is 1.38 bits per heavy atom. The van der Waals surface area contributed by atoms with Crippen LogP contribution in [0.4, 0.5) is 0 Å². The van der Waals surface area contributed by atoms with E-state index in [1.165, 1.54) is 10.9 Å². The van der Waals surface area contributed by atoms with Crippen LogP contribution >= 0.6 is 11.6 Å². The third-order valence-corrected chi connectivity index (χ3v) is 4.50. The van der Waals surface area contributed by atoms with Gasteiger partial charge in [-0.25, -0.2) is 4.98 Å². The molecule has 1 fully saturated rings. The largest absolute Gasteiger partial charge is 0.369 e. The minimum Gasteiger partial charge on any atom is -0.369 e. The summed E-state index contributed by atoms with van der Waals surface area (Å²) in [5, 5.41) is 0.900. The maximum absolute atomic E-state index is 12.5. The molecule has 0 spiro atoms. The van der Waals surface area contributed by atoms with E-state index in [-0.39, 0.29) is 23.9 Å². The number of nitrogens with zero attached hydrogens (tertiary/aromatic N) is 3. The molecule has 2 aromatic rings. The van der Waals surface area contributed by atoms with Crippen LogP contribution in [0.3, 0.4) is 0 Å². The highest BCUT2D eigenvalue weighted by atomic mass is 35.5. The molecule has 8 heteroatoms. The second-order valence-corrected chi connectivity index (χ2v) is 6.36. The Morgan fingerprint density at radius 2 is 2.17 bits per heavy atom. The van der Waals surface area contributed by atoms with Crippen molar-refractivity contribution >= 4 is 34.3 Å². The highest BCUT2D eigenvalue weighted by Gasteiger charge is 2.27. The molecule has 2 heterocycles. The molecule has 0 aliphatic carbocycles. The molecular weight excluding hydrogens is 332 g/mol. The fourth-order valence-electron chi connectivity index (χ4n) is 2.93. The highest BCUT2D eigenvalue weighted by Crippen LogP contribution is 2.17. The van der Waals surface area contributed by atoms with Gasteiger partial charge in [0, 0.05) is 18.1 Å². The number of halogens is 1. The lowest BCUT2D eigenvalue weighted by molar-refractivity contribution is -0.135. The number of hydrogen-bond acceptors (Lipinski definition) is 4. The van der Waals surface area contributed by atoms with E-state index in [9.17, 15) is 14.4 Å². The summed E-state index contributed by atoms with van der Waals surface area (Å²) < 4.78 is 1.27. The van der Waals surface area contributed by atoms with Crippen LogP contribution in [0.2, 0.25) is 5.02 Å². The van der Waals surface area contributed by atoms with Crippen LogP contribution in [0.5, 0.6) is 0 Å². The van der Waals surface area contributed by atoms with Crippen molar-refractivity contribution in [3.05, 3.63) is 39.9 Å². The van der Waals surface area contributed by atoms with Crippen molar-refractivity contribution in [1.82, 2.24) is 14.5 Å². The number of benzene rings is 1. The molecule has 2 amide bonds. The number of hydrogen-bond donors (Lipinski definition) is 1. The number of piperidine rings is 1. The monoisotopic (exact) mass is 348 g/mol. The molecule has 1 saturated heterocycles. The van der Waals surface area contributed by atoms with Crippen molar-refractivity contribution in [2.75, 3.05) is 13.1 Å². The van der Waals surface area contributed by atoms with Gasteiger partial charge >= 0.3 is 0 Å². The molecule has 0 saturated carbocycles. The predicted molar refractivity (Wildman–Crippen MR) is 89.5 cm³/mol. The van der Waals surface area contributed by atoms with Gasteiger partial charge in [0.2, 0.25) is 11.8 Å². The summed E-state index contributed by atoms with van der Waals surface area (Å²) in [5.74, 6) is -0.941. The summed E-state index contributed by atoms with van der Waals surface area (Å²) in [6, 6.07) is 4.81. The van der Waals surface area contributed by atoms with E-state index in [1.54, 1.807) is 23.1 Å². The highest BCUT2D eigenvalue weighted by molar-refractivity contribution is 6.31. The van der Waals surface area contributed by atoms with E-state index >= 15 is 0 Å². The molecule has 1 aromatic heterocycles. The zero-order valence-electron chi connectivity index (χ0n) is 12.9. The van der Waals surface area contributed by atoms with Crippen LogP contribution in [0.25, 0.3) is 10.9 Å². The average molecular weight is 349 g/mol. The molecule has 3 rings (SSSR count). The smallest absolute Gasteiger partial charge is 0.261 e. The first-order valence-corrected chi connectivity index (χ1v) is 8.05. The number of amides is 2. The molecular formula is C16H17ClN4O3. The molecule has 1 aromatic carbocycles. The van der Waals surface area contributed by atoms with Gasteiger partial charge in [-0.05, 0) is 31.0 Å². The zero-order valence-corrected chi connectivity index (χ0v) is 13.7. The van der Waals surface area contributed by atoms with Gasteiger partial charge in [0.1, 0.15) is 6.54 Å². The van der Waals surface area contributed by atoms with Crippen molar-refractivity contribution in [2.45, 2.75) is 19.4 Å². The first-order valence-electron chi connectivity index (χ1n) is 7.67. The number of carbonyl (C=O) groups is 2. The predicted octanol–water partition coefficient (Wildman–Crippen LogP) is 0.774. The third-order valence-electron chi connectivity index (χ3n) is 4.27. The number of primary amides is 1. The zero-order chi connectivity index (χ0) is 17.3. The summed E-state index contributed by atoms with van der Waals surface area (Å²) in [6.07, 6.45) is 2.76. The Bertz CT molecular complexity index is 864. The Kier molecular flexibility index (Phi) is 4.53. The Hall–Kier alpha value is -2.41. The lowest BCUT2D eigenvalue weighted by Gasteiger charge is -2.31. The Labute approximate surface area is 143 Å². The summed E-state index contributed by atoms with van der Waals surface area (Å²) in [4.78, 5) is 42.0. The number of fused-ring (bicyclic) bond motifs is 1. The standard InChI is InChI=1S/C16H17ClN4O3/c17-11-3-4-12-13(6-11)19-9-21(16(12)24)8-14(22)20-5-1-2-10(7-20)15(18)23/h3-4,6,9-10H,1-2,5,7-8H2,(H2,18,23)/t10-/m1/s1. The van der Waals surface area contributed by atoms with Crippen LogP contribution in [0.15, 0.2) is 29.3 Å². The second-order valence-electron chi connectivity index (χ2n) is 5.92. The van der Waals surface area contributed by atoms with Crippen molar-refractivity contribution in [2.24, 2.45) is 11.7 Å². The number of nitrogens with two attached hydrogens (primary N) is 1. The Balaban J connectivity index is 1.80. The lowest BCUT2D eigenvalue weighted by atomic mass is 9.97. The van der Waals surface area contributed by atoms with Crippen molar-refractivity contribution in [3.63, 3.8) is 0 Å².